The summed E-state index contributed by atoms with van der Waals surface area (Å²) < 4.78 is 6.89. The third-order valence-corrected chi connectivity index (χ3v) is 2.21. The van der Waals surface area contributed by atoms with Gasteiger partial charge in [-0.05, 0) is 13.3 Å². The number of H-pyrrole nitrogens is 1. The number of ether oxygens (including phenoxy) is 1. The third kappa shape index (κ3) is 2.70. The summed E-state index contributed by atoms with van der Waals surface area (Å²) in [6.45, 7) is 7.53. The van der Waals surface area contributed by atoms with E-state index in [2.05, 4.69) is 11.6 Å². The number of aromatic nitrogens is 2. The molecule has 1 N–H and O–H groups in total. The molecule has 0 fully saturated rings. The number of aryl methyl sites for hydroxylation is 1. The van der Waals surface area contributed by atoms with Gasteiger partial charge in [0.1, 0.15) is 6.23 Å². The van der Waals surface area contributed by atoms with Crippen LogP contribution in [-0.2, 0) is 4.74 Å². The maximum absolute atomic E-state index is 11.6. The minimum atomic E-state index is -0.444. The second kappa shape index (κ2) is 5.46. The van der Waals surface area contributed by atoms with Gasteiger partial charge >= 0.3 is 5.69 Å². The van der Waals surface area contributed by atoms with E-state index >= 15 is 0 Å². The van der Waals surface area contributed by atoms with E-state index in [9.17, 15) is 9.59 Å². The van der Waals surface area contributed by atoms with Gasteiger partial charge in [0.2, 0.25) is 0 Å². The lowest BCUT2D eigenvalue weighted by Crippen LogP contribution is -2.34. The highest BCUT2D eigenvalue weighted by atomic mass is 16.5. The highest BCUT2D eigenvalue weighted by Crippen LogP contribution is 2.11. The minimum Gasteiger partial charge on any atom is -0.354 e. The normalized spacial score (nSPS) is 12.4. The summed E-state index contributed by atoms with van der Waals surface area (Å²) in [7, 11) is 0. The Labute approximate surface area is 93.4 Å². The van der Waals surface area contributed by atoms with Crippen molar-refractivity contribution in [3.05, 3.63) is 45.3 Å². The molecular weight excluding hydrogens is 208 g/mol. The van der Waals surface area contributed by atoms with Crippen molar-refractivity contribution < 1.29 is 4.74 Å². The average Bonchev–Trinajstić information content (AvgIpc) is 2.21. The van der Waals surface area contributed by atoms with E-state index in [1.165, 1.54) is 10.6 Å². The van der Waals surface area contributed by atoms with Crippen molar-refractivity contribution in [2.75, 3.05) is 6.61 Å². The molecule has 0 aliphatic heterocycles. The molecular formula is C11H16N2O3. The number of hydrogen-bond acceptors (Lipinski definition) is 3. The summed E-state index contributed by atoms with van der Waals surface area (Å²) >= 11 is 0. The third-order valence-electron chi connectivity index (χ3n) is 2.21. The van der Waals surface area contributed by atoms with Crippen molar-refractivity contribution in [3.8, 4) is 0 Å². The summed E-state index contributed by atoms with van der Waals surface area (Å²) in [5.74, 6) is 0. The van der Waals surface area contributed by atoms with Crippen molar-refractivity contribution in [1.29, 1.82) is 0 Å². The minimum absolute atomic E-state index is 0.365. The van der Waals surface area contributed by atoms with Crippen molar-refractivity contribution in [1.82, 2.24) is 9.55 Å². The van der Waals surface area contributed by atoms with E-state index in [0.717, 1.165) is 0 Å². The van der Waals surface area contributed by atoms with Gasteiger partial charge in [-0.3, -0.25) is 14.3 Å². The smallest absolute Gasteiger partial charge is 0.330 e. The Morgan fingerprint density at radius 3 is 2.81 bits per heavy atom. The largest absolute Gasteiger partial charge is 0.354 e. The molecule has 5 heteroatoms. The summed E-state index contributed by atoms with van der Waals surface area (Å²) in [6.07, 6.45) is 1.89. The summed E-state index contributed by atoms with van der Waals surface area (Å²) in [5, 5.41) is 0. The predicted octanol–water partition coefficient (Wildman–Crippen LogP) is 0.956. The Morgan fingerprint density at radius 2 is 2.31 bits per heavy atom. The van der Waals surface area contributed by atoms with Gasteiger partial charge in [0.05, 0.1) is 6.61 Å². The fraction of sp³-hybridized carbons (Fsp3) is 0.455. The van der Waals surface area contributed by atoms with Crippen LogP contribution in [0.15, 0.2) is 28.3 Å². The van der Waals surface area contributed by atoms with E-state index in [4.69, 9.17) is 4.74 Å². The van der Waals surface area contributed by atoms with Gasteiger partial charge in [0, 0.05) is 11.8 Å². The quantitative estimate of drug-likeness (QED) is 0.757. The van der Waals surface area contributed by atoms with Gasteiger partial charge in [-0.25, -0.2) is 4.79 Å². The van der Waals surface area contributed by atoms with E-state index in [0.29, 0.717) is 18.7 Å². The fourth-order valence-electron chi connectivity index (χ4n) is 1.53. The molecule has 0 bridgehead atoms. The zero-order valence-corrected chi connectivity index (χ0v) is 9.53. The van der Waals surface area contributed by atoms with E-state index in [1.54, 1.807) is 13.0 Å². The Balaban J connectivity index is 3.14. The van der Waals surface area contributed by atoms with Crippen LogP contribution in [0, 0.1) is 6.92 Å². The number of rotatable bonds is 5. The highest BCUT2D eigenvalue weighted by Gasteiger charge is 2.12. The first-order valence-corrected chi connectivity index (χ1v) is 5.15. The topological polar surface area (TPSA) is 64.1 Å². The molecule has 0 saturated carbocycles. The Kier molecular flexibility index (Phi) is 4.25. The monoisotopic (exact) mass is 224 g/mol. The second-order valence-electron chi connectivity index (χ2n) is 3.44. The molecule has 5 nitrogen and oxygen atoms in total. The lowest BCUT2D eigenvalue weighted by Gasteiger charge is -2.19. The number of nitrogens with zero attached hydrogens (tertiary/aromatic N) is 1. The van der Waals surface area contributed by atoms with Crippen molar-refractivity contribution >= 4 is 0 Å². The number of aromatic amines is 1. The SMILES string of the molecule is C=CCOC(CC)n1c(C)cc(=O)[nH]c1=O. The zero-order valence-electron chi connectivity index (χ0n) is 9.53. The molecule has 16 heavy (non-hydrogen) atoms. The molecule has 0 aliphatic rings. The van der Waals surface area contributed by atoms with Crippen LogP contribution in [-0.4, -0.2) is 16.2 Å². The van der Waals surface area contributed by atoms with Crippen LogP contribution in [0.3, 0.4) is 0 Å². The van der Waals surface area contributed by atoms with Crippen molar-refractivity contribution in [3.63, 3.8) is 0 Å². The molecule has 88 valence electrons. The number of hydrogen-bond donors (Lipinski definition) is 1. The van der Waals surface area contributed by atoms with Gasteiger partial charge in [-0.15, -0.1) is 6.58 Å². The molecule has 1 unspecified atom stereocenters. The van der Waals surface area contributed by atoms with E-state index in [-0.39, 0.29) is 6.23 Å². The standard InChI is InChI=1S/C11H16N2O3/c1-4-6-16-10(5-2)13-8(3)7-9(14)12-11(13)15/h4,7,10H,1,5-6H2,2-3H3,(H,12,14,15). The second-order valence-corrected chi connectivity index (χ2v) is 3.44. The average molecular weight is 224 g/mol. The molecule has 0 aromatic carbocycles. The van der Waals surface area contributed by atoms with Crippen LogP contribution in [0.1, 0.15) is 25.3 Å². The maximum Gasteiger partial charge on any atom is 0.330 e. The van der Waals surface area contributed by atoms with Gasteiger partial charge in [-0.1, -0.05) is 13.0 Å². The molecule has 0 saturated heterocycles. The molecule has 0 aliphatic carbocycles. The zero-order chi connectivity index (χ0) is 12.1. The van der Waals surface area contributed by atoms with Crippen LogP contribution < -0.4 is 11.2 Å². The van der Waals surface area contributed by atoms with Crippen molar-refractivity contribution in [2.45, 2.75) is 26.5 Å². The van der Waals surface area contributed by atoms with Crippen LogP contribution in [0.2, 0.25) is 0 Å². The highest BCUT2D eigenvalue weighted by molar-refractivity contribution is 4.99. The molecule has 1 atom stereocenters. The molecule has 0 amide bonds. The Bertz CT molecular complexity index is 473. The molecule has 1 rings (SSSR count). The van der Waals surface area contributed by atoms with E-state index in [1.807, 2.05) is 6.92 Å². The summed E-state index contributed by atoms with van der Waals surface area (Å²) in [6, 6.07) is 1.38. The molecule has 1 aromatic rings. The van der Waals surface area contributed by atoms with Crippen LogP contribution >= 0.6 is 0 Å². The first-order chi connectivity index (χ1) is 7.60. The van der Waals surface area contributed by atoms with Crippen LogP contribution in [0.25, 0.3) is 0 Å². The molecule has 0 spiro atoms. The Hall–Kier alpha value is -1.62. The van der Waals surface area contributed by atoms with Gasteiger partial charge in [0.15, 0.2) is 0 Å². The lowest BCUT2D eigenvalue weighted by atomic mass is 10.3. The first kappa shape index (κ1) is 12.4. The number of nitrogens with one attached hydrogen (secondary N) is 1. The van der Waals surface area contributed by atoms with Gasteiger partial charge in [0.25, 0.3) is 5.56 Å². The van der Waals surface area contributed by atoms with Gasteiger partial charge in [-0.2, -0.15) is 0 Å². The molecule has 0 radical (unpaired) electrons. The Morgan fingerprint density at radius 1 is 1.62 bits per heavy atom. The van der Waals surface area contributed by atoms with E-state index < -0.39 is 11.2 Å². The summed E-state index contributed by atoms with van der Waals surface area (Å²) in [5.41, 5.74) is -0.247. The predicted molar refractivity (Wildman–Crippen MR) is 61.5 cm³/mol. The molecule has 1 heterocycles. The van der Waals surface area contributed by atoms with Gasteiger partial charge < -0.3 is 4.74 Å². The van der Waals surface area contributed by atoms with Crippen molar-refractivity contribution in [2.24, 2.45) is 0 Å². The lowest BCUT2D eigenvalue weighted by molar-refractivity contribution is 0.0121. The maximum atomic E-state index is 11.6. The molecule has 1 aromatic heterocycles. The summed E-state index contributed by atoms with van der Waals surface area (Å²) in [4.78, 5) is 24.9. The van der Waals surface area contributed by atoms with Crippen LogP contribution in [0.4, 0.5) is 0 Å². The first-order valence-electron chi connectivity index (χ1n) is 5.15. The van der Waals surface area contributed by atoms with Crippen LogP contribution in [0.5, 0.6) is 0 Å². The fourth-order valence-corrected chi connectivity index (χ4v) is 1.53.